The lowest BCUT2D eigenvalue weighted by molar-refractivity contribution is 0.340. The first kappa shape index (κ1) is 12.7. The first-order chi connectivity index (χ1) is 8.72. The van der Waals surface area contributed by atoms with E-state index in [4.69, 9.17) is 10.5 Å². The van der Waals surface area contributed by atoms with Crippen LogP contribution in [0.25, 0.3) is 0 Å². The average molecular weight is 241 g/mol. The third-order valence-electron chi connectivity index (χ3n) is 3.05. The van der Waals surface area contributed by atoms with Gasteiger partial charge in [-0.3, -0.25) is 0 Å². The van der Waals surface area contributed by atoms with Gasteiger partial charge in [0.25, 0.3) is 0 Å². The van der Waals surface area contributed by atoms with Crippen LogP contribution in [0.5, 0.6) is 5.75 Å². The second-order valence-electron chi connectivity index (χ2n) is 4.34. The monoisotopic (exact) mass is 241 g/mol. The van der Waals surface area contributed by atoms with E-state index in [9.17, 15) is 0 Å². The van der Waals surface area contributed by atoms with Crippen LogP contribution < -0.4 is 10.5 Å². The van der Waals surface area contributed by atoms with E-state index in [1.807, 2.05) is 43.3 Å². The molecule has 0 bridgehead atoms. The molecule has 2 nitrogen and oxygen atoms in total. The predicted molar refractivity (Wildman–Crippen MR) is 74.8 cm³/mol. The molecular weight excluding hydrogens is 222 g/mol. The van der Waals surface area contributed by atoms with Crippen LogP contribution in [-0.4, -0.2) is 6.61 Å². The summed E-state index contributed by atoms with van der Waals surface area (Å²) in [5.41, 5.74) is 9.78. The van der Waals surface area contributed by atoms with Gasteiger partial charge in [0, 0.05) is 0 Å². The van der Waals surface area contributed by atoms with Crippen molar-refractivity contribution in [3.63, 3.8) is 0 Å². The zero-order chi connectivity index (χ0) is 13.0. The summed E-state index contributed by atoms with van der Waals surface area (Å²) in [4.78, 5) is 0. The first-order valence-electron chi connectivity index (χ1n) is 6.26. The zero-order valence-corrected chi connectivity index (χ0v) is 10.9. The largest absolute Gasteiger partial charge is 0.494 e. The van der Waals surface area contributed by atoms with Crippen molar-refractivity contribution < 1.29 is 4.74 Å². The Bertz CT molecular complexity index is 522. The van der Waals surface area contributed by atoms with Crippen molar-refractivity contribution in [1.82, 2.24) is 0 Å². The van der Waals surface area contributed by atoms with Gasteiger partial charge in [-0.2, -0.15) is 0 Å². The molecule has 94 valence electrons. The molecule has 2 rings (SSSR count). The normalized spacial score (nSPS) is 12.2. The van der Waals surface area contributed by atoms with Crippen LogP contribution in [0.1, 0.15) is 29.7 Å². The van der Waals surface area contributed by atoms with Gasteiger partial charge in [-0.25, -0.2) is 0 Å². The van der Waals surface area contributed by atoms with Crippen molar-refractivity contribution in [2.24, 2.45) is 5.73 Å². The summed E-state index contributed by atoms with van der Waals surface area (Å²) in [7, 11) is 0. The van der Waals surface area contributed by atoms with Gasteiger partial charge in [-0.1, -0.05) is 36.4 Å². The predicted octanol–water partition coefficient (Wildman–Crippen LogP) is 3.44. The Morgan fingerprint density at radius 1 is 1.11 bits per heavy atom. The van der Waals surface area contributed by atoms with Gasteiger partial charge >= 0.3 is 0 Å². The van der Waals surface area contributed by atoms with Crippen molar-refractivity contribution in [2.75, 3.05) is 6.61 Å². The van der Waals surface area contributed by atoms with E-state index in [0.717, 1.165) is 16.9 Å². The minimum absolute atomic E-state index is 0.105. The maximum Gasteiger partial charge on any atom is 0.119 e. The Hall–Kier alpha value is -1.80. The highest BCUT2D eigenvalue weighted by molar-refractivity contribution is 5.39. The fourth-order valence-corrected chi connectivity index (χ4v) is 2.08. The molecular formula is C16H19NO. The number of aryl methyl sites for hydroxylation is 1. The highest BCUT2D eigenvalue weighted by Crippen LogP contribution is 2.25. The van der Waals surface area contributed by atoms with Crippen molar-refractivity contribution in [2.45, 2.75) is 19.9 Å². The Morgan fingerprint density at radius 2 is 1.89 bits per heavy atom. The van der Waals surface area contributed by atoms with Gasteiger partial charge in [0.15, 0.2) is 0 Å². The number of hydrogen-bond donors (Lipinski definition) is 1. The summed E-state index contributed by atoms with van der Waals surface area (Å²) in [6.07, 6.45) is 0. The lowest BCUT2D eigenvalue weighted by Gasteiger charge is -2.16. The van der Waals surface area contributed by atoms with Crippen LogP contribution in [-0.2, 0) is 0 Å². The van der Waals surface area contributed by atoms with Crippen LogP contribution >= 0.6 is 0 Å². The molecule has 0 radical (unpaired) electrons. The van der Waals surface area contributed by atoms with E-state index >= 15 is 0 Å². The Morgan fingerprint density at radius 3 is 2.61 bits per heavy atom. The molecule has 0 aromatic heterocycles. The molecule has 0 aliphatic rings. The molecule has 1 unspecified atom stereocenters. The van der Waals surface area contributed by atoms with Gasteiger partial charge in [0.2, 0.25) is 0 Å². The molecule has 0 aliphatic carbocycles. The van der Waals surface area contributed by atoms with Crippen molar-refractivity contribution in [3.05, 3.63) is 65.2 Å². The van der Waals surface area contributed by atoms with Gasteiger partial charge in [-0.15, -0.1) is 0 Å². The lowest BCUT2D eigenvalue weighted by atomic mass is 9.96. The summed E-state index contributed by atoms with van der Waals surface area (Å²) in [6.45, 7) is 4.73. The molecule has 0 fully saturated rings. The molecule has 0 heterocycles. The van der Waals surface area contributed by atoms with Crippen molar-refractivity contribution in [1.29, 1.82) is 0 Å². The molecule has 0 saturated heterocycles. The molecule has 18 heavy (non-hydrogen) atoms. The topological polar surface area (TPSA) is 35.2 Å². The SMILES string of the molecule is CCOc1cccc(C(N)c2ccccc2C)c1. The first-order valence-corrected chi connectivity index (χ1v) is 6.26. The molecule has 0 spiro atoms. The average Bonchev–Trinajstić information content (AvgIpc) is 2.39. The molecule has 2 aromatic rings. The highest BCUT2D eigenvalue weighted by atomic mass is 16.5. The molecule has 0 amide bonds. The zero-order valence-electron chi connectivity index (χ0n) is 10.9. The number of ether oxygens (including phenoxy) is 1. The number of rotatable bonds is 4. The van der Waals surface area contributed by atoms with Crippen LogP contribution in [0.15, 0.2) is 48.5 Å². The molecule has 1 atom stereocenters. The second-order valence-corrected chi connectivity index (χ2v) is 4.34. The van der Waals surface area contributed by atoms with E-state index < -0.39 is 0 Å². The minimum Gasteiger partial charge on any atom is -0.494 e. The summed E-state index contributed by atoms with van der Waals surface area (Å²) in [5.74, 6) is 0.874. The Balaban J connectivity index is 2.31. The molecule has 0 aliphatic heterocycles. The van der Waals surface area contributed by atoms with E-state index in [0.29, 0.717) is 6.61 Å². The van der Waals surface area contributed by atoms with E-state index in [1.54, 1.807) is 0 Å². The van der Waals surface area contributed by atoms with Gasteiger partial charge in [0.05, 0.1) is 12.6 Å². The fourth-order valence-electron chi connectivity index (χ4n) is 2.08. The maximum atomic E-state index is 6.33. The molecule has 2 heteroatoms. The van der Waals surface area contributed by atoms with E-state index in [2.05, 4.69) is 19.1 Å². The number of benzene rings is 2. The lowest BCUT2D eigenvalue weighted by Crippen LogP contribution is -2.13. The van der Waals surface area contributed by atoms with E-state index in [-0.39, 0.29) is 6.04 Å². The number of hydrogen-bond acceptors (Lipinski definition) is 2. The third-order valence-corrected chi connectivity index (χ3v) is 3.05. The summed E-state index contributed by atoms with van der Waals surface area (Å²) in [6, 6.07) is 16.1. The fraction of sp³-hybridized carbons (Fsp3) is 0.250. The van der Waals surface area contributed by atoms with Gasteiger partial charge in [0.1, 0.15) is 5.75 Å². The third kappa shape index (κ3) is 2.71. The standard InChI is InChI=1S/C16H19NO/c1-3-18-14-9-6-8-13(11-14)16(17)15-10-5-4-7-12(15)2/h4-11,16H,3,17H2,1-2H3. The van der Waals surface area contributed by atoms with Crippen LogP contribution in [0.2, 0.25) is 0 Å². The molecule has 2 aromatic carbocycles. The molecule has 0 saturated carbocycles. The van der Waals surface area contributed by atoms with Crippen LogP contribution in [0, 0.1) is 6.92 Å². The van der Waals surface area contributed by atoms with Gasteiger partial charge < -0.3 is 10.5 Å². The summed E-state index contributed by atoms with van der Waals surface area (Å²) < 4.78 is 5.51. The van der Waals surface area contributed by atoms with E-state index in [1.165, 1.54) is 5.56 Å². The Kier molecular flexibility index (Phi) is 4.00. The summed E-state index contributed by atoms with van der Waals surface area (Å²) in [5, 5.41) is 0. The maximum absolute atomic E-state index is 6.33. The smallest absolute Gasteiger partial charge is 0.119 e. The highest BCUT2D eigenvalue weighted by Gasteiger charge is 2.11. The van der Waals surface area contributed by atoms with Crippen LogP contribution in [0.4, 0.5) is 0 Å². The van der Waals surface area contributed by atoms with Crippen LogP contribution in [0.3, 0.4) is 0 Å². The number of nitrogens with two attached hydrogens (primary N) is 1. The van der Waals surface area contributed by atoms with Gasteiger partial charge in [-0.05, 0) is 42.7 Å². The minimum atomic E-state index is -0.105. The molecule has 2 N–H and O–H groups in total. The second kappa shape index (κ2) is 5.69. The van der Waals surface area contributed by atoms with Crippen molar-refractivity contribution >= 4 is 0 Å². The van der Waals surface area contributed by atoms with Crippen molar-refractivity contribution in [3.8, 4) is 5.75 Å². The summed E-state index contributed by atoms with van der Waals surface area (Å²) >= 11 is 0. The quantitative estimate of drug-likeness (QED) is 0.890. The Labute approximate surface area is 108 Å².